The molecule has 0 spiro atoms. The number of methoxy groups -OCH3 is 3. The molecule has 1 aliphatic heterocycles. The van der Waals surface area contributed by atoms with Crippen LogP contribution in [0.4, 0.5) is 0 Å². The number of carbonyl (C=O) groups is 1. The highest BCUT2D eigenvalue weighted by atomic mass is 16.6. The number of benzene rings is 1. The average Bonchev–Trinajstić information content (AvgIpc) is 3.02. The van der Waals surface area contributed by atoms with Crippen molar-refractivity contribution in [3.8, 4) is 17.2 Å². The molecule has 1 aromatic heterocycles. The Labute approximate surface area is 144 Å². The van der Waals surface area contributed by atoms with Gasteiger partial charge in [0.2, 0.25) is 11.6 Å². The van der Waals surface area contributed by atoms with E-state index in [2.05, 4.69) is 9.98 Å². The van der Waals surface area contributed by atoms with Crippen LogP contribution in [0.3, 0.4) is 0 Å². The number of esters is 1. The molecule has 0 atom stereocenters. The molecule has 1 aromatic carbocycles. The molecule has 3 rings (SSSR count). The van der Waals surface area contributed by atoms with Crippen molar-refractivity contribution in [3.63, 3.8) is 0 Å². The summed E-state index contributed by atoms with van der Waals surface area (Å²) < 4.78 is 21.1. The van der Waals surface area contributed by atoms with E-state index in [-0.39, 0.29) is 11.6 Å². The minimum Gasteiger partial charge on any atom is -0.493 e. The first-order valence-corrected chi connectivity index (χ1v) is 7.39. The highest BCUT2D eigenvalue weighted by molar-refractivity contribution is 6.12. The number of carbonyl (C=O) groups excluding carboxylic acids is 1. The summed E-state index contributed by atoms with van der Waals surface area (Å²) in [4.78, 5) is 20.3. The highest BCUT2D eigenvalue weighted by Gasteiger charge is 2.24. The van der Waals surface area contributed by atoms with E-state index in [1.165, 1.54) is 21.3 Å². The molecule has 0 unspecified atom stereocenters. The van der Waals surface area contributed by atoms with Gasteiger partial charge in [0.15, 0.2) is 17.2 Å². The minimum absolute atomic E-state index is 0.174. The second-order valence-corrected chi connectivity index (χ2v) is 5.04. The number of ether oxygens (including phenoxy) is 4. The lowest BCUT2D eigenvalue weighted by atomic mass is 10.1. The van der Waals surface area contributed by atoms with E-state index in [0.717, 1.165) is 0 Å². The quantitative estimate of drug-likeness (QED) is 0.614. The van der Waals surface area contributed by atoms with Crippen LogP contribution >= 0.6 is 0 Å². The van der Waals surface area contributed by atoms with Crippen molar-refractivity contribution in [1.29, 1.82) is 0 Å². The summed E-state index contributed by atoms with van der Waals surface area (Å²) in [5.41, 5.74) is 1.47. The Hall–Kier alpha value is -3.35. The Kier molecular flexibility index (Phi) is 4.65. The van der Waals surface area contributed by atoms with Crippen molar-refractivity contribution >= 4 is 17.9 Å². The van der Waals surface area contributed by atoms with Crippen LogP contribution < -0.4 is 14.2 Å². The number of hydrogen-bond acceptors (Lipinski definition) is 7. The van der Waals surface area contributed by atoms with Gasteiger partial charge in [0.1, 0.15) is 0 Å². The van der Waals surface area contributed by atoms with Crippen molar-refractivity contribution in [2.24, 2.45) is 4.99 Å². The third-order valence-electron chi connectivity index (χ3n) is 3.52. The maximum Gasteiger partial charge on any atom is 0.363 e. The SMILES string of the molecule is COc1cc(/C=C2/N=C(c3cccnc3)OC2=O)cc(OC)c1OC. The molecule has 0 aliphatic carbocycles. The van der Waals surface area contributed by atoms with E-state index in [1.54, 1.807) is 42.7 Å². The molecule has 2 heterocycles. The monoisotopic (exact) mass is 340 g/mol. The zero-order chi connectivity index (χ0) is 17.8. The van der Waals surface area contributed by atoms with Gasteiger partial charge in [-0.05, 0) is 35.9 Å². The van der Waals surface area contributed by atoms with Crippen LogP contribution in [0.2, 0.25) is 0 Å². The van der Waals surface area contributed by atoms with Crippen molar-refractivity contribution in [3.05, 3.63) is 53.5 Å². The standard InChI is InChI=1S/C18H16N2O5/c1-22-14-8-11(9-15(23-2)16(14)24-3)7-13-18(21)25-17(20-13)12-5-4-6-19-10-12/h4-10H,1-3H3/b13-7+. The normalized spacial score (nSPS) is 14.9. The van der Waals surface area contributed by atoms with Gasteiger partial charge >= 0.3 is 5.97 Å². The van der Waals surface area contributed by atoms with Gasteiger partial charge in [-0.25, -0.2) is 9.79 Å². The molecule has 7 heteroatoms. The predicted octanol–water partition coefficient (Wildman–Crippen LogP) is 2.45. The minimum atomic E-state index is -0.535. The molecule has 25 heavy (non-hydrogen) atoms. The third-order valence-corrected chi connectivity index (χ3v) is 3.52. The summed E-state index contributed by atoms with van der Waals surface area (Å²) in [7, 11) is 4.57. The second kappa shape index (κ2) is 7.04. The van der Waals surface area contributed by atoms with Crippen molar-refractivity contribution in [1.82, 2.24) is 4.98 Å². The van der Waals surface area contributed by atoms with E-state index < -0.39 is 5.97 Å². The molecule has 128 valence electrons. The number of pyridine rings is 1. The summed E-state index contributed by atoms with van der Waals surface area (Å²) in [5, 5.41) is 0. The van der Waals surface area contributed by atoms with Crippen LogP contribution in [0.15, 0.2) is 47.3 Å². The molecule has 7 nitrogen and oxygen atoms in total. The van der Waals surface area contributed by atoms with Gasteiger partial charge in [0, 0.05) is 12.4 Å². The van der Waals surface area contributed by atoms with Crippen molar-refractivity contribution < 1.29 is 23.7 Å². The number of aromatic nitrogens is 1. The molecule has 1 aliphatic rings. The van der Waals surface area contributed by atoms with E-state index in [1.807, 2.05) is 0 Å². The molecule has 0 bridgehead atoms. The number of rotatable bonds is 5. The summed E-state index contributed by atoms with van der Waals surface area (Å²) in [6.07, 6.45) is 4.80. The van der Waals surface area contributed by atoms with Crippen LogP contribution in [-0.4, -0.2) is 38.2 Å². The Morgan fingerprint density at radius 1 is 1.08 bits per heavy atom. The second-order valence-electron chi connectivity index (χ2n) is 5.04. The van der Waals surface area contributed by atoms with Gasteiger partial charge in [-0.1, -0.05) is 0 Å². The Bertz CT molecular complexity index is 834. The molecule has 2 aromatic rings. The van der Waals surface area contributed by atoms with Gasteiger partial charge in [-0.2, -0.15) is 0 Å². The molecular weight excluding hydrogens is 324 g/mol. The number of hydrogen-bond donors (Lipinski definition) is 0. The zero-order valence-corrected chi connectivity index (χ0v) is 14.0. The lowest BCUT2D eigenvalue weighted by molar-refractivity contribution is -0.129. The lowest BCUT2D eigenvalue weighted by Gasteiger charge is -2.12. The zero-order valence-electron chi connectivity index (χ0n) is 14.0. The molecule has 0 fully saturated rings. The lowest BCUT2D eigenvalue weighted by Crippen LogP contribution is -2.05. The first-order valence-electron chi connectivity index (χ1n) is 7.39. The fourth-order valence-corrected chi connectivity index (χ4v) is 2.36. The van der Waals surface area contributed by atoms with Crippen molar-refractivity contribution in [2.45, 2.75) is 0 Å². The fourth-order valence-electron chi connectivity index (χ4n) is 2.36. The van der Waals surface area contributed by atoms with E-state index >= 15 is 0 Å². The van der Waals surface area contributed by atoms with Gasteiger partial charge < -0.3 is 18.9 Å². The summed E-state index contributed by atoms with van der Waals surface area (Å²) >= 11 is 0. The van der Waals surface area contributed by atoms with E-state index in [0.29, 0.717) is 28.4 Å². The summed E-state index contributed by atoms with van der Waals surface area (Å²) in [5.74, 6) is 1.12. The predicted molar refractivity (Wildman–Crippen MR) is 90.9 cm³/mol. The highest BCUT2D eigenvalue weighted by Crippen LogP contribution is 2.39. The first kappa shape index (κ1) is 16.5. The number of nitrogens with zero attached hydrogens (tertiary/aromatic N) is 2. The van der Waals surface area contributed by atoms with E-state index in [4.69, 9.17) is 18.9 Å². The molecular formula is C18H16N2O5. The van der Waals surface area contributed by atoms with Crippen molar-refractivity contribution in [2.75, 3.05) is 21.3 Å². The molecule has 0 amide bonds. The first-order chi connectivity index (χ1) is 12.2. The van der Waals surface area contributed by atoms with Gasteiger partial charge in [0.05, 0.1) is 26.9 Å². The molecule has 0 saturated carbocycles. The van der Waals surface area contributed by atoms with Crippen LogP contribution in [0.1, 0.15) is 11.1 Å². The average molecular weight is 340 g/mol. The maximum absolute atomic E-state index is 12.1. The smallest absolute Gasteiger partial charge is 0.363 e. The third kappa shape index (κ3) is 3.30. The van der Waals surface area contributed by atoms with Gasteiger partial charge in [0.25, 0.3) is 0 Å². The van der Waals surface area contributed by atoms with Gasteiger partial charge in [-0.15, -0.1) is 0 Å². The topological polar surface area (TPSA) is 79.2 Å². The molecule has 0 N–H and O–H groups in total. The largest absolute Gasteiger partial charge is 0.493 e. The Balaban J connectivity index is 2.00. The van der Waals surface area contributed by atoms with Crippen LogP contribution in [0.5, 0.6) is 17.2 Å². The van der Waals surface area contributed by atoms with Crippen LogP contribution in [0.25, 0.3) is 6.08 Å². The van der Waals surface area contributed by atoms with Crippen LogP contribution in [0, 0.1) is 0 Å². The summed E-state index contributed by atoms with van der Waals surface area (Å²) in [6, 6.07) is 6.95. The maximum atomic E-state index is 12.1. The van der Waals surface area contributed by atoms with Crippen LogP contribution in [-0.2, 0) is 9.53 Å². The molecule has 0 radical (unpaired) electrons. The van der Waals surface area contributed by atoms with Gasteiger partial charge in [-0.3, -0.25) is 4.98 Å². The Morgan fingerprint density at radius 2 is 1.80 bits per heavy atom. The molecule has 0 saturated heterocycles. The number of aliphatic imine (C=N–C) groups is 1. The summed E-state index contributed by atoms with van der Waals surface area (Å²) in [6.45, 7) is 0. The number of cyclic esters (lactones) is 1. The fraction of sp³-hybridized carbons (Fsp3) is 0.167. The Morgan fingerprint density at radius 3 is 2.36 bits per heavy atom. The van der Waals surface area contributed by atoms with E-state index in [9.17, 15) is 4.79 Å².